The highest BCUT2D eigenvalue weighted by atomic mass is 35.5. The van der Waals surface area contributed by atoms with Gasteiger partial charge >= 0.3 is 6.18 Å². The van der Waals surface area contributed by atoms with Gasteiger partial charge in [0.25, 0.3) is 5.91 Å². The average Bonchev–Trinajstić information content (AvgIpc) is 2.66. The van der Waals surface area contributed by atoms with Gasteiger partial charge < -0.3 is 5.32 Å². The Kier molecular flexibility index (Phi) is 3.71. The summed E-state index contributed by atoms with van der Waals surface area (Å²) in [5.74, 6) is -0.758. The van der Waals surface area contributed by atoms with E-state index in [4.69, 9.17) is 11.6 Å². The van der Waals surface area contributed by atoms with Gasteiger partial charge in [-0.1, -0.05) is 29.8 Å². The second-order valence-electron chi connectivity index (χ2n) is 3.95. The lowest BCUT2D eigenvalue weighted by molar-refractivity contribution is -0.141. The average molecular weight is 304 g/mol. The minimum absolute atomic E-state index is 0.345. The van der Waals surface area contributed by atoms with E-state index in [0.29, 0.717) is 5.69 Å². The number of rotatable bonds is 2. The van der Waals surface area contributed by atoms with Gasteiger partial charge in [0.1, 0.15) is 10.7 Å². The van der Waals surface area contributed by atoms with E-state index < -0.39 is 22.8 Å². The van der Waals surface area contributed by atoms with E-state index >= 15 is 0 Å². The van der Waals surface area contributed by atoms with Crippen LogP contribution in [0.3, 0.4) is 0 Å². The number of carbonyl (C=O) groups excluding carboxylic acids is 1. The predicted molar refractivity (Wildman–Crippen MR) is 67.6 cm³/mol. The summed E-state index contributed by atoms with van der Waals surface area (Å²) in [5, 5.41) is 4.98. The quantitative estimate of drug-likeness (QED) is 0.925. The monoisotopic (exact) mass is 303 g/mol. The first-order valence-corrected chi connectivity index (χ1v) is 5.84. The van der Waals surface area contributed by atoms with Crippen molar-refractivity contribution in [1.82, 2.24) is 9.78 Å². The lowest BCUT2D eigenvalue weighted by Crippen LogP contribution is -2.16. The van der Waals surface area contributed by atoms with Crippen LogP contribution in [0.4, 0.5) is 18.9 Å². The molecule has 0 unspecified atom stereocenters. The van der Waals surface area contributed by atoms with Crippen LogP contribution in [0.15, 0.2) is 30.3 Å². The summed E-state index contributed by atoms with van der Waals surface area (Å²) >= 11 is 5.61. The van der Waals surface area contributed by atoms with Crippen LogP contribution in [0.1, 0.15) is 16.2 Å². The Morgan fingerprint density at radius 1 is 1.30 bits per heavy atom. The molecule has 0 aliphatic rings. The van der Waals surface area contributed by atoms with Gasteiger partial charge in [-0.25, -0.2) is 0 Å². The van der Waals surface area contributed by atoms with Crippen LogP contribution in [-0.4, -0.2) is 15.7 Å². The highest BCUT2D eigenvalue weighted by Crippen LogP contribution is 2.35. The largest absolute Gasteiger partial charge is 0.436 e. The van der Waals surface area contributed by atoms with Crippen molar-refractivity contribution in [2.24, 2.45) is 7.05 Å². The number of halogens is 4. The summed E-state index contributed by atoms with van der Waals surface area (Å²) in [6, 6.07) is 8.32. The molecule has 4 nitrogen and oxygen atoms in total. The summed E-state index contributed by atoms with van der Waals surface area (Å²) in [4.78, 5) is 12.0. The van der Waals surface area contributed by atoms with E-state index in [-0.39, 0.29) is 5.69 Å². The summed E-state index contributed by atoms with van der Waals surface area (Å²) in [6.07, 6.45) is -4.71. The third-order valence-electron chi connectivity index (χ3n) is 2.50. The molecular formula is C12H9ClF3N3O. The van der Waals surface area contributed by atoms with E-state index in [0.717, 1.165) is 4.68 Å². The van der Waals surface area contributed by atoms with Gasteiger partial charge in [-0.05, 0) is 12.1 Å². The van der Waals surface area contributed by atoms with Gasteiger partial charge in [0, 0.05) is 12.7 Å². The van der Waals surface area contributed by atoms with E-state index in [9.17, 15) is 18.0 Å². The smallest absolute Gasteiger partial charge is 0.321 e. The van der Waals surface area contributed by atoms with Gasteiger partial charge in [-0.2, -0.15) is 18.3 Å². The first-order chi connectivity index (χ1) is 9.30. The zero-order chi connectivity index (χ0) is 14.9. The highest BCUT2D eigenvalue weighted by Gasteiger charge is 2.39. The van der Waals surface area contributed by atoms with Gasteiger partial charge in [0.2, 0.25) is 0 Å². The van der Waals surface area contributed by atoms with Crippen LogP contribution in [0.2, 0.25) is 5.02 Å². The molecular weight excluding hydrogens is 295 g/mol. The Bertz CT molecular complexity index is 637. The zero-order valence-corrected chi connectivity index (χ0v) is 11.0. The topological polar surface area (TPSA) is 46.9 Å². The number of nitrogens with zero attached hydrogens (tertiary/aromatic N) is 2. The fourth-order valence-corrected chi connectivity index (χ4v) is 1.99. The van der Waals surface area contributed by atoms with Crippen molar-refractivity contribution in [3.05, 3.63) is 46.7 Å². The molecule has 106 valence electrons. The molecule has 8 heteroatoms. The second kappa shape index (κ2) is 5.16. The number of hydrogen-bond acceptors (Lipinski definition) is 2. The highest BCUT2D eigenvalue weighted by molar-refractivity contribution is 6.34. The summed E-state index contributed by atoms with van der Waals surface area (Å²) in [6.45, 7) is 0. The molecule has 0 saturated heterocycles. The number of para-hydroxylation sites is 1. The Morgan fingerprint density at radius 2 is 1.90 bits per heavy atom. The standard InChI is InChI=1S/C12H9ClF3N3O/c1-19-9(8(13)10(18-19)12(14,15)16)11(20)17-7-5-3-2-4-6-7/h2-6H,1H3,(H,17,20). The molecule has 1 heterocycles. The molecule has 20 heavy (non-hydrogen) atoms. The second-order valence-corrected chi connectivity index (χ2v) is 4.33. The molecule has 2 aromatic rings. The molecule has 0 spiro atoms. The first kappa shape index (κ1) is 14.4. The van der Waals surface area contributed by atoms with Crippen molar-refractivity contribution in [2.45, 2.75) is 6.18 Å². The van der Waals surface area contributed by atoms with Crippen molar-refractivity contribution >= 4 is 23.2 Å². The molecule has 0 aliphatic carbocycles. The maximum absolute atomic E-state index is 12.6. The van der Waals surface area contributed by atoms with E-state index in [1.54, 1.807) is 30.3 Å². The van der Waals surface area contributed by atoms with Crippen LogP contribution >= 0.6 is 11.6 Å². The number of benzene rings is 1. The summed E-state index contributed by atoms with van der Waals surface area (Å²) in [5.41, 5.74) is -1.17. The zero-order valence-electron chi connectivity index (χ0n) is 10.2. The molecule has 1 N–H and O–H groups in total. The third-order valence-corrected chi connectivity index (χ3v) is 2.86. The van der Waals surface area contributed by atoms with Crippen LogP contribution in [0.25, 0.3) is 0 Å². The molecule has 1 aromatic carbocycles. The molecule has 2 rings (SSSR count). The predicted octanol–water partition coefficient (Wildman–Crippen LogP) is 3.34. The van der Waals surface area contributed by atoms with E-state index in [2.05, 4.69) is 10.4 Å². The number of aromatic nitrogens is 2. The van der Waals surface area contributed by atoms with Crippen molar-refractivity contribution in [2.75, 3.05) is 5.32 Å². The van der Waals surface area contributed by atoms with E-state index in [1.165, 1.54) is 7.05 Å². The third kappa shape index (κ3) is 2.77. The summed E-state index contributed by atoms with van der Waals surface area (Å²) in [7, 11) is 1.22. The van der Waals surface area contributed by atoms with Crippen molar-refractivity contribution in [1.29, 1.82) is 0 Å². The van der Waals surface area contributed by atoms with Gasteiger partial charge in [-0.15, -0.1) is 0 Å². The van der Waals surface area contributed by atoms with Gasteiger partial charge in [0.05, 0.1) is 0 Å². The molecule has 0 saturated carbocycles. The number of anilines is 1. The molecule has 0 atom stereocenters. The minimum atomic E-state index is -4.71. The van der Waals surface area contributed by atoms with Crippen molar-refractivity contribution < 1.29 is 18.0 Å². The number of amides is 1. The van der Waals surface area contributed by atoms with Crippen molar-refractivity contribution in [3.63, 3.8) is 0 Å². The number of nitrogens with one attached hydrogen (secondary N) is 1. The maximum atomic E-state index is 12.6. The molecule has 1 amide bonds. The molecule has 0 aliphatic heterocycles. The molecule has 0 radical (unpaired) electrons. The fraction of sp³-hybridized carbons (Fsp3) is 0.167. The fourth-order valence-electron chi connectivity index (χ4n) is 1.64. The number of aryl methyl sites for hydroxylation is 1. The molecule has 0 fully saturated rings. The SMILES string of the molecule is Cn1nc(C(F)(F)F)c(Cl)c1C(=O)Nc1ccccc1. The molecule has 0 bridgehead atoms. The lowest BCUT2D eigenvalue weighted by Gasteiger charge is -2.05. The maximum Gasteiger partial charge on any atom is 0.436 e. The normalized spacial score (nSPS) is 11.4. The lowest BCUT2D eigenvalue weighted by atomic mass is 10.3. The number of alkyl halides is 3. The molecule has 1 aromatic heterocycles. The van der Waals surface area contributed by atoms with E-state index in [1.807, 2.05) is 0 Å². The van der Waals surface area contributed by atoms with Crippen LogP contribution in [0, 0.1) is 0 Å². The van der Waals surface area contributed by atoms with Crippen LogP contribution < -0.4 is 5.32 Å². The summed E-state index contributed by atoms with van der Waals surface area (Å²) < 4.78 is 38.7. The Hall–Kier alpha value is -2.02. The Balaban J connectivity index is 2.34. The number of hydrogen-bond donors (Lipinski definition) is 1. The van der Waals surface area contributed by atoms with Crippen LogP contribution in [-0.2, 0) is 13.2 Å². The first-order valence-electron chi connectivity index (χ1n) is 5.47. The van der Waals surface area contributed by atoms with Gasteiger partial charge in [0.15, 0.2) is 5.69 Å². The van der Waals surface area contributed by atoms with Crippen molar-refractivity contribution in [3.8, 4) is 0 Å². The minimum Gasteiger partial charge on any atom is -0.321 e. The van der Waals surface area contributed by atoms with Crippen LogP contribution in [0.5, 0.6) is 0 Å². The number of carbonyl (C=O) groups is 1. The Morgan fingerprint density at radius 3 is 2.40 bits per heavy atom. The Labute approximate surface area is 117 Å². The van der Waals surface area contributed by atoms with Gasteiger partial charge in [-0.3, -0.25) is 9.48 Å².